The van der Waals surface area contributed by atoms with E-state index in [2.05, 4.69) is 5.32 Å². The topological polar surface area (TPSA) is 67.9 Å². The summed E-state index contributed by atoms with van der Waals surface area (Å²) in [5, 5.41) is 2.83. The highest BCUT2D eigenvalue weighted by Gasteiger charge is 2.43. The van der Waals surface area contributed by atoms with Gasteiger partial charge in [-0.2, -0.15) is 0 Å². The van der Waals surface area contributed by atoms with Gasteiger partial charge < -0.3 is 14.8 Å². The minimum atomic E-state index is -0.749. The van der Waals surface area contributed by atoms with Crippen LogP contribution in [0.5, 0.6) is 0 Å². The number of hydrogen-bond acceptors (Lipinski definition) is 4. The molecule has 162 valence electrons. The van der Waals surface area contributed by atoms with Crippen molar-refractivity contribution in [1.82, 2.24) is 5.32 Å². The van der Waals surface area contributed by atoms with Gasteiger partial charge in [-0.25, -0.2) is 14.0 Å². The molecule has 0 bridgehead atoms. The summed E-state index contributed by atoms with van der Waals surface area (Å²) in [6.07, 6.45) is 0.620. The SMILES string of the molecule is CCC1(CC)OC(=O)N(CCC(C)(C)NC(=O)OC(C)(C)C)c2cc(F)ccc21. The highest BCUT2D eigenvalue weighted by molar-refractivity contribution is 5.91. The van der Waals surface area contributed by atoms with Gasteiger partial charge in [-0.1, -0.05) is 19.9 Å². The number of nitrogens with one attached hydrogen (secondary N) is 1. The molecule has 0 aromatic heterocycles. The Kier molecular flexibility index (Phi) is 6.50. The van der Waals surface area contributed by atoms with Crippen molar-refractivity contribution in [2.24, 2.45) is 0 Å². The Hall–Kier alpha value is -2.31. The van der Waals surface area contributed by atoms with Gasteiger partial charge in [0.1, 0.15) is 17.0 Å². The number of amides is 2. The Morgan fingerprint density at radius 2 is 1.83 bits per heavy atom. The van der Waals surface area contributed by atoms with Gasteiger partial charge in [0.05, 0.1) is 5.69 Å². The normalized spacial score (nSPS) is 16.1. The molecule has 7 heteroatoms. The van der Waals surface area contributed by atoms with Crippen LogP contribution >= 0.6 is 0 Å². The molecule has 1 aliphatic rings. The van der Waals surface area contributed by atoms with Crippen LogP contribution in [0.15, 0.2) is 18.2 Å². The molecule has 0 saturated heterocycles. The van der Waals surface area contributed by atoms with Gasteiger partial charge in [0.15, 0.2) is 0 Å². The van der Waals surface area contributed by atoms with Gasteiger partial charge in [0, 0.05) is 17.6 Å². The molecule has 1 N–H and O–H groups in total. The number of nitrogens with zero attached hydrogens (tertiary/aromatic N) is 1. The Morgan fingerprint density at radius 1 is 1.21 bits per heavy atom. The zero-order valence-corrected chi connectivity index (χ0v) is 18.5. The molecule has 0 atom stereocenters. The van der Waals surface area contributed by atoms with Crippen LogP contribution in [-0.2, 0) is 15.1 Å². The van der Waals surface area contributed by atoms with Crippen molar-refractivity contribution in [1.29, 1.82) is 0 Å². The van der Waals surface area contributed by atoms with Gasteiger partial charge in [-0.15, -0.1) is 0 Å². The Morgan fingerprint density at radius 3 is 2.38 bits per heavy atom. The number of cyclic esters (lactones) is 1. The molecule has 29 heavy (non-hydrogen) atoms. The molecule has 2 amide bonds. The monoisotopic (exact) mass is 408 g/mol. The lowest BCUT2D eigenvalue weighted by molar-refractivity contribution is -0.00137. The number of benzene rings is 1. The van der Waals surface area contributed by atoms with E-state index < -0.39 is 34.7 Å². The smallest absolute Gasteiger partial charge is 0.415 e. The van der Waals surface area contributed by atoms with Crippen molar-refractivity contribution in [3.05, 3.63) is 29.6 Å². The molecule has 0 aliphatic carbocycles. The van der Waals surface area contributed by atoms with Crippen molar-refractivity contribution in [2.75, 3.05) is 11.4 Å². The third kappa shape index (κ3) is 5.40. The highest BCUT2D eigenvalue weighted by Crippen LogP contribution is 2.44. The first-order valence-electron chi connectivity index (χ1n) is 10.1. The van der Waals surface area contributed by atoms with E-state index >= 15 is 0 Å². The van der Waals surface area contributed by atoms with Crippen molar-refractivity contribution in [3.63, 3.8) is 0 Å². The standard InChI is InChI=1S/C22H33FN2O4/c1-8-22(9-2)16-11-10-15(23)14-17(16)25(19(27)29-22)13-12-21(6,7)24-18(26)28-20(3,4)5/h10-11,14H,8-9,12-13H2,1-7H3,(H,24,26). The van der Waals surface area contributed by atoms with Crippen molar-refractivity contribution >= 4 is 17.9 Å². The predicted molar refractivity (Wildman–Crippen MR) is 111 cm³/mol. The maximum atomic E-state index is 14.0. The van der Waals surface area contributed by atoms with Crippen LogP contribution in [0.1, 0.15) is 73.3 Å². The number of halogens is 1. The molecule has 1 aromatic rings. The Balaban J connectivity index is 2.21. The van der Waals surface area contributed by atoms with E-state index in [1.807, 2.05) is 27.7 Å². The van der Waals surface area contributed by atoms with Crippen LogP contribution in [0.4, 0.5) is 19.7 Å². The zero-order valence-electron chi connectivity index (χ0n) is 18.5. The third-order valence-electron chi connectivity index (χ3n) is 5.19. The van der Waals surface area contributed by atoms with Crippen LogP contribution in [0, 0.1) is 5.82 Å². The second kappa shape index (κ2) is 8.20. The molecule has 0 radical (unpaired) electrons. The maximum Gasteiger partial charge on any atom is 0.415 e. The number of hydrogen-bond donors (Lipinski definition) is 1. The van der Waals surface area contributed by atoms with Crippen LogP contribution in [0.25, 0.3) is 0 Å². The van der Waals surface area contributed by atoms with Gasteiger partial charge in [0.2, 0.25) is 0 Å². The lowest BCUT2D eigenvalue weighted by atomic mass is 9.85. The van der Waals surface area contributed by atoms with E-state index in [9.17, 15) is 14.0 Å². The zero-order chi connectivity index (χ0) is 22.0. The molecule has 0 spiro atoms. The molecule has 1 aromatic carbocycles. The Bertz CT molecular complexity index is 767. The van der Waals surface area contributed by atoms with Crippen LogP contribution in [0.3, 0.4) is 0 Å². The summed E-state index contributed by atoms with van der Waals surface area (Å²) >= 11 is 0. The van der Waals surface area contributed by atoms with E-state index in [0.29, 0.717) is 24.9 Å². The lowest BCUT2D eigenvalue weighted by Gasteiger charge is -2.42. The van der Waals surface area contributed by atoms with E-state index in [0.717, 1.165) is 5.56 Å². The van der Waals surface area contributed by atoms with Gasteiger partial charge in [0.25, 0.3) is 0 Å². The number of carbonyl (C=O) groups is 2. The molecule has 6 nitrogen and oxygen atoms in total. The molecule has 2 rings (SSSR count). The van der Waals surface area contributed by atoms with E-state index in [1.165, 1.54) is 17.0 Å². The number of alkyl carbamates (subject to hydrolysis) is 1. The number of fused-ring (bicyclic) bond motifs is 1. The summed E-state index contributed by atoms with van der Waals surface area (Å²) in [7, 11) is 0. The average molecular weight is 409 g/mol. The maximum absolute atomic E-state index is 14.0. The first-order chi connectivity index (χ1) is 13.3. The lowest BCUT2D eigenvalue weighted by Crippen LogP contribution is -2.50. The average Bonchev–Trinajstić information content (AvgIpc) is 2.57. The second-order valence-corrected chi connectivity index (χ2v) is 9.14. The molecule has 1 heterocycles. The fourth-order valence-corrected chi connectivity index (χ4v) is 3.51. The minimum absolute atomic E-state index is 0.265. The summed E-state index contributed by atoms with van der Waals surface area (Å²) in [5.41, 5.74) is -0.655. The van der Waals surface area contributed by atoms with Gasteiger partial charge >= 0.3 is 12.2 Å². The first kappa shape index (κ1) is 23.0. The van der Waals surface area contributed by atoms with E-state index in [1.54, 1.807) is 26.8 Å². The predicted octanol–water partition coefficient (Wildman–Crippen LogP) is 5.49. The fourth-order valence-electron chi connectivity index (χ4n) is 3.51. The molecule has 0 saturated carbocycles. The molecular formula is C22H33FN2O4. The third-order valence-corrected chi connectivity index (χ3v) is 5.19. The number of rotatable bonds is 6. The number of ether oxygens (including phenoxy) is 2. The Labute approximate surface area is 172 Å². The summed E-state index contributed by atoms with van der Waals surface area (Å²) in [5.74, 6) is -0.407. The quantitative estimate of drug-likeness (QED) is 0.676. The van der Waals surface area contributed by atoms with Crippen molar-refractivity contribution in [3.8, 4) is 0 Å². The van der Waals surface area contributed by atoms with Crippen LogP contribution in [0.2, 0.25) is 0 Å². The minimum Gasteiger partial charge on any atom is -0.444 e. The van der Waals surface area contributed by atoms with Crippen LogP contribution < -0.4 is 10.2 Å². The summed E-state index contributed by atoms with van der Waals surface area (Å²) in [6, 6.07) is 4.47. The largest absolute Gasteiger partial charge is 0.444 e. The number of anilines is 1. The van der Waals surface area contributed by atoms with Gasteiger partial charge in [-0.3, -0.25) is 4.90 Å². The highest BCUT2D eigenvalue weighted by atomic mass is 19.1. The van der Waals surface area contributed by atoms with Crippen molar-refractivity contribution in [2.45, 2.75) is 84.5 Å². The molecular weight excluding hydrogens is 375 g/mol. The molecule has 0 fully saturated rings. The van der Waals surface area contributed by atoms with Crippen molar-refractivity contribution < 1.29 is 23.5 Å². The first-order valence-corrected chi connectivity index (χ1v) is 10.1. The summed E-state index contributed by atoms with van der Waals surface area (Å²) in [4.78, 5) is 26.4. The van der Waals surface area contributed by atoms with Gasteiger partial charge in [-0.05, 0) is 66.0 Å². The van der Waals surface area contributed by atoms with Crippen LogP contribution in [-0.4, -0.2) is 29.9 Å². The molecule has 1 aliphatic heterocycles. The van der Waals surface area contributed by atoms with E-state index in [-0.39, 0.29) is 6.54 Å². The summed E-state index contributed by atoms with van der Waals surface area (Å²) < 4.78 is 25.1. The molecule has 0 unspecified atom stereocenters. The summed E-state index contributed by atoms with van der Waals surface area (Å²) in [6.45, 7) is 13.2. The number of carbonyl (C=O) groups excluding carboxylic acids is 2. The second-order valence-electron chi connectivity index (χ2n) is 9.14. The van der Waals surface area contributed by atoms with E-state index in [4.69, 9.17) is 9.47 Å². The fraction of sp³-hybridized carbons (Fsp3) is 0.636.